The molecule has 2 amide bonds. The van der Waals surface area contributed by atoms with Crippen molar-refractivity contribution in [1.82, 2.24) is 10.6 Å². The normalized spacial score (nSPS) is 13.3. The van der Waals surface area contributed by atoms with E-state index in [0.29, 0.717) is 34.6 Å². The van der Waals surface area contributed by atoms with Gasteiger partial charge in [-0.3, -0.25) is 9.59 Å². The molecule has 27 heavy (non-hydrogen) atoms. The summed E-state index contributed by atoms with van der Waals surface area (Å²) in [4.78, 5) is 24.0. The van der Waals surface area contributed by atoms with Crippen LogP contribution >= 0.6 is 23.2 Å². The van der Waals surface area contributed by atoms with E-state index in [1.807, 2.05) is 24.3 Å². The fourth-order valence-electron chi connectivity index (χ4n) is 2.71. The lowest BCUT2D eigenvalue weighted by molar-refractivity contribution is -0.121. The monoisotopic (exact) mass is 404 g/mol. The lowest BCUT2D eigenvalue weighted by atomic mass is 10.1. The molecular weight excluding hydrogens is 383 g/mol. The average Bonchev–Trinajstić information content (AvgIpc) is 3.47. The quantitative estimate of drug-likeness (QED) is 0.678. The first-order valence-corrected chi connectivity index (χ1v) is 9.87. The van der Waals surface area contributed by atoms with Gasteiger partial charge in [0, 0.05) is 24.6 Å². The third kappa shape index (κ3) is 6.26. The van der Waals surface area contributed by atoms with Crippen LogP contribution in [-0.2, 0) is 17.8 Å². The van der Waals surface area contributed by atoms with Gasteiger partial charge >= 0.3 is 0 Å². The zero-order valence-corrected chi connectivity index (χ0v) is 16.4. The van der Waals surface area contributed by atoms with E-state index in [1.54, 1.807) is 18.2 Å². The number of hydrogen-bond acceptors (Lipinski definition) is 2. The fourth-order valence-corrected chi connectivity index (χ4v) is 3.03. The van der Waals surface area contributed by atoms with Gasteiger partial charge in [0.2, 0.25) is 5.91 Å². The predicted octanol–water partition coefficient (Wildman–Crippen LogP) is 4.52. The number of amides is 2. The molecule has 1 aliphatic carbocycles. The molecule has 3 rings (SSSR count). The van der Waals surface area contributed by atoms with Crippen LogP contribution in [-0.4, -0.2) is 17.9 Å². The molecule has 2 aromatic rings. The topological polar surface area (TPSA) is 58.2 Å². The molecule has 0 aliphatic heterocycles. The highest BCUT2D eigenvalue weighted by molar-refractivity contribution is 6.42. The molecule has 0 heterocycles. The third-order valence-electron chi connectivity index (χ3n) is 4.47. The van der Waals surface area contributed by atoms with E-state index in [2.05, 4.69) is 10.6 Å². The average molecular weight is 405 g/mol. The van der Waals surface area contributed by atoms with Crippen molar-refractivity contribution in [1.29, 1.82) is 0 Å². The van der Waals surface area contributed by atoms with Crippen molar-refractivity contribution < 1.29 is 9.59 Å². The number of halogens is 2. The van der Waals surface area contributed by atoms with E-state index in [-0.39, 0.29) is 11.8 Å². The van der Waals surface area contributed by atoms with Gasteiger partial charge < -0.3 is 10.6 Å². The summed E-state index contributed by atoms with van der Waals surface area (Å²) in [6, 6.07) is 13.2. The van der Waals surface area contributed by atoms with Gasteiger partial charge in [0.15, 0.2) is 0 Å². The smallest absolute Gasteiger partial charge is 0.251 e. The Balaban J connectivity index is 1.38. The maximum Gasteiger partial charge on any atom is 0.251 e. The van der Waals surface area contributed by atoms with Gasteiger partial charge in [-0.2, -0.15) is 0 Å². The second-order valence-electron chi connectivity index (χ2n) is 6.82. The van der Waals surface area contributed by atoms with E-state index < -0.39 is 0 Å². The van der Waals surface area contributed by atoms with E-state index in [0.717, 1.165) is 36.8 Å². The molecule has 6 heteroatoms. The minimum atomic E-state index is -0.0320. The Morgan fingerprint density at radius 2 is 1.67 bits per heavy atom. The molecule has 0 spiro atoms. The van der Waals surface area contributed by atoms with Crippen LogP contribution in [0.1, 0.15) is 47.2 Å². The van der Waals surface area contributed by atoms with E-state index >= 15 is 0 Å². The molecule has 0 aromatic heterocycles. The van der Waals surface area contributed by atoms with Crippen LogP contribution in [0.5, 0.6) is 0 Å². The van der Waals surface area contributed by atoms with Crippen molar-refractivity contribution in [2.24, 2.45) is 0 Å². The Kier molecular flexibility index (Phi) is 6.75. The van der Waals surface area contributed by atoms with Crippen LogP contribution in [0, 0.1) is 0 Å². The summed E-state index contributed by atoms with van der Waals surface area (Å²) in [7, 11) is 0. The molecule has 4 nitrogen and oxygen atoms in total. The first-order chi connectivity index (χ1) is 13.0. The zero-order valence-electron chi connectivity index (χ0n) is 14.9. The molecule has 0 atom stereocenters. The minimum Gasteiger partial charge on any atom is -0.352 e. The zero-order chi connectivity index (χ0) is 19.2. The number of rotatable bonds is 8. The van der Waals surface area contributed by atoms with E-state index in [4.69, 9.17) is 23.2 Å². The van der Waals surface area contributed by atoms with Crippen molar-refractivity contribution in [3.8, 4) is 0 Å². The standard InChI is InChI=1S/C21H22Cl2N2O2/c22-18-11-6-14(12-19(18)23)2-1-3-20(26)24-13-15-4-7-16(8-5-15)21(27)25-17-9-10-17/h4-8,11-12,17H,1-3,9-10,13H2,(H,24,26)(H,25,27). The largest absolute Gasteiger partial charge is 0.352 e. The number of benzene rings is 2. The minimum absolute atomic E-state index is 0.00520. The Hall–Kier alpha value is -2.04. The van der Waals surface area contributed by atoms with Gasteiger partial charge in [-0.1, -0.05) is 41.4 Å². The van der Waals surface area contributed by atoms with Gasteiger partial charge in [-0.25, -0.2) is 0 Å². The molecule has 142 valence electrons. The molecule has 0 radical (unpaired) electrons. The van der Waals surface area contributed by atoms with Gasteiger partial charge in [-0.05, 0) is 61.1 Å². The Morgan fingerprint density at radius 3 is 2.33 bits per heavy atom. The summed E-state index contributed by atoms with van der Waals surface area (Å²) in [6.45, 7) is 0.454. The molecule has 2 N–H and O–H groups in total. The number of hydrogen-bond donors (Lipinski definition) is 2. The van der Waals surface area contributed by atoms with Crippen molar-refractivity contribution in [2.45, 2.75) is 44.7 Å². The highest BCUT2D eigenvalue weighted by Crippen LogP contribution is 2.23. The Morgan fingerprint density at radius 1 is 0.963 bits per heavy atom. The van der Waals surface area contributed by atoms with Crippen molar-refractivity contribution in [2.75, 3.05) is 0 Å². The van der Waals surface area contributed by atoms with Crippen LogP contribution in [0.2, 0.25) is 10.0 Å². The predicted molar refractivity (Wildman–Crippen MR) is 108 cm³/mol. The van der Waals surface area contributed by atoms with Crippen LogP contribution in [0.25, 0.3) is 0 Å². The molecule has 1 saturated carbocycles. The van der Waals surface area contributed by atoms with Crippen molar-refractivity contribution in [3.63, 3.8) is 0 Å². The van der Waals surface area contributed by atoms with Gasteiger partial charge in [0.25, 0.3) is 5.91 Å². The molecule has 1 aliphatic rings. The molecule has 0 unspecified atom stereocenters. The maximum atomic E-state index is 12.0. The summed E-state index contributed by atoms with van der Waals surface area (Å²) in [5, 5.41) is 6.94. The summed E-state index contributed by atoms with van der Waals surface area (Å²) >= 11 is 11.9. The Labute approximate surface area is 169 Å². The third-order valence-corrected chi connectivity index (χ3v) is 5.21. The van der Waals surface area contributed by atoms with Gasteiger partial charge in [0.05, 0.1) is 10.0 Å². The fraction of sp³-hybridized carbons (Fsp3) is 0.333. The van der Waals surface area contributed by atoms with Gasteiger partial charge in [0.1, 0.15) is 0 Å². The number of carbonyl (C=O) groups is 2. The summed E-state index contributed by atoms with van der Waals surface area (Å²) in [5.74, 6) is -0.0269. The van der Waals surface area contributed by atoms with Crippen LogP contribution in [0.4, 0.5) is 0 Å². The SMILES string of the molecule is O=C(CCCc1ccc(Cl)c(Cl)c1)NCc1ccc(C(=O)NC2CC2)cc1. The lowest BCUT2D eigenvalue weighted by Gasteiger charge is -2.07. The highest BCUT2D eigenvalue weighted by atomic mass is 35.5. The highest BCUT2D eigenvalue weighted by Gasteiger charge is 2.23. The summed E-state index contributed by atoms with van der Waals surface area (Å²) < 4.78 is 0. The van der Waals surface area contributed by atoms with Crippen LogP contribution in [0.15, 0.2) is 42.5 Å². The molecule has 1 fully saturated rings. The molecule has 0 saturated heterocycles. The first-order valence-electron chi connectivity index (χ1n) is 9.11. The van der Waals surface area contributed by atoms with Gasteiger partial charge in [-0.15, -0.1) is 0 Å². The second kappa shape index (κ2) is 9.25. The number of nitrogens with one attached hydrogen (secondary N) is 2. The first kappa shape index (κ1) is 19.7. The van der Waals surface area contributed by atoms with Crippen molar-refractivity contribution in [3.05, 3.63) is 69.2 Å². The number of carbonyl (C=O) groups excluding carboxylic acids is 2. The summed E-state index contributed by atoms with van der Waals surface area (Å²) in [6.07, 6.45) is 4.10. The molecule has 0 bridgehead atoms. The second-order valence-corrected chi connectivity index (χ2v) is 7.64. The molecular formula is C21H22Cl2N2O2. The summed E-state index contributed by atoms with van der Waals surface area (Å²) in [5.41, 5.74) is 2.69. The maximum absolute atomic E-state index is 12.0. The van der Waals surface area contributed by atoms with E-state index in [9.17, 15) is 9.59 Å². The van der Waals surface area contributed by atoms with E-state index in [1.165, 1.54) is 0 Å². The Bertz CT molecular complexity index is 817. The lowest BCUT2D eigenvalue weighted by Crippen LogP contribution is -2.25. The molecule has 2 aromatic carbocycles. The van der Waals surface area contributed by atoms with Crippen LogP contribution in [0.3, 0.4) is 0 Å². The van der Waals surface area contributed by atoms with Crippen molar-refractivity contribution >= 4 is 35.0 Å². The number of aryl methyl sites for hydroxylation is 1. The van der Waals surface area contributed by atoms with Crippen LogP contribution < -0.4 is 10.6 Å².